The number of aliphatic hydroxyl groups excluding tert-OH is 1. The topological polar surface area (TPSA) is 61.8 Å². The van der Waals surface area contributed by atoms with Gasteiger partial charge in [0.2, 0.25) is 0 Å². The zero-order valence-corrected chi connectivity index (χ0v) is 9.33. The Morgan fingerprint density at radius 1 is 1.50 bits per heavy atom. The Labute approximate surface area is 95.9 Å². The van der Waals surface area contributed by atoms with Gasteiger partial charge in [-0.15, -0.1) is 0 Å². The molecule has 6 heteroatoms. The summed E-state index contributed by atoms with van der Waals surface area (Å²) < 4.78 is 13.6. The Morgan fingerprint density at radius 2 is 2.31 bits per heavy atom. The molecule has 0 amide bonds. The third-order valence-corrected chi connectivity index (χ3v) is 3.06. The lowest BCUT2D eigenvalue weighted by Crippen LogP contribution is -1.96. The predicted molar refractivity (Wildman–Crippen MR) is 57.5 cm³/mol. The molecule has 2 aromatic rings. The van der Waals surface area contributed by atoms with Crippen LogP contribution in [0.15, 0.2) is 34.6 Å². The van der Waals surface area contributed by atoms with Crippen molar-refractivity contribution in [3.05, 3.63) is 35.9 Å². The number of benzene rings is 1. The van der Waals surface area contributed by atoms with Crippen LogP contribution in [-0.4, -0.2) is 20.3 Å². The highest BCUT2D eigenvalue weighted by molar-refractivity contribution is 7.99. The summed E-state index contributed by atoms with van der Waals surface area (Å²) in [4.78, 5) is 4.27. The highest BCUT2D eigenvalue weighted by Gasteiger charge is 2.14. The molecule has 2 N–H and O–H groups in total. The minimum Gasteiger partial charge on any atom is -0.389 e. The lowest BCUT2D eigenvalue weighted by Gasteiger charge is -2.10. The van der Waals surface area contributed by atoms with Crippen molar-refractivity contribution in [2.45, 2.75) is 23.1 Å². The van der Waals surface area contributed by atoms with Crippen LogP contribution in [0, 0.1) is 5.82 Å². The van der Waals surface area contributed by atoms with Crippen molar-refractivity contribution in [2.75, 3.05) is 0 Å². The maximum Gasteiger partial charge on any atom is 0.188 e. The smallest absolute Gasteiger partial charge is 0.188 e. The number of nitrogens with zero attached hydrogens (tertiary/aromatic N) is 2. The van der Waals surface area contributed by atoms with E-state index in [0.29, 0.717) is 15.6 Å². The summed E-state index contributed by atoms with van der Waals surface area (Å²) in [6.07, 6.45) is 0.631. The highest BCUT2D eigenvalue weighted by atomic mass is 32.2. The molecular formula is C10H10FN3OS. The van der Waals surface area contributed by atoms with Gasteiger partial charge in [0.25, 0.3) is 0 Å². The molecule has 2 rings (SSSR count). The highest BCUT2D eigenvalue weighted by Crippen LogP contribution is 2.33. The maximum absolute atomic E-state index is 13.6. The van der Waals surface area contributed by atoms with E-state index >= 15 is 0 Å². The lowest BCUT2D eigenvalue weighted by atomic mass is 10.1. The minimum absolute atomic E-state index is 0.370. The fraction of sp³-hybridized carbons (Fsp3) is 0.200. The molecule has 1 heterocycles. The van der Waals surface area contributed by atoms with E-state index in [-0.39, 0.29) is 5.82 Å². The van der Waals surface area contributed by atoms with Crippen LogP contribution in [0.3, 0.4) is 0 Å². The molecular weight excluding hydrogens is 229 g/mol. The van der Waals surface area contributed by atoms with E-state index in [1.165, 1.54) is 12.4 Å². The van der Waals surface area contributed by atoms with Crippen molar-refractivity contribution >= 4 is 11.8 Å². The monoisotopic (exact) mass is 239 g/mol. The van der Waals surface area contributed by atoms with E-state index in [2.05, 4.69) is 15.2 Å². The molecule has 0 aliphatic heterocycles. The number of nitrogens with one attached hydrogen (secondary N) is 1. The van der Waals surface area contributed by atoms with E-state index in [4.69, 9.17) is 0 Å². The second-order valence-corrected chi connectivity index (χ2v) is 4.23. The van der Waals surface area contributed by atoms with Crippen LogP contribution < -0.4 is 0 Å². The van der Waals surface area contributed by atoms with E-state index in [1.54, 1.807) is 19.1 Å². The number of halogens is 1. The molecule has 0 fully saturated rings. The third kappa shape index (κ3) is 2.23. The van der Waals surface area contributed by atoms with Gasteiger partial charge in [0, 0.05) is 0 Å². The zero-order valence-electron chi connectivity index (χ0n) is 8.51. The van der Waals surface area contributed by atoms with E-state index < -0.39 is 6.10 Å². The Bertz CT molecular complexity index is 473. The van der Waals surface area contributed by atoms with Gasteiger partial charge in [-0.25, -0.2) is 9.37 Å². The zero-order chi connectivity index (χ0) is 11.5. The molecule has 0 radical (unpaired) electrons. The Kier molecular flexibility index (Phi) is 3.21. The van der Waals surface area contributed by atoms with Gasteiger partial charge in [-0.2, -0.15) is 5.10 Å². The predicted octanol–water partition coefficient (Wildman–Crippen LogP) is 2.15. The van der Waals surface area contributed by atoms with Crippen molar-refractivity contribution in [2.24, 2.45) is 0 Å². The molecule has 1 atom stereocenters. The van der Waals surface area contributed by atoms with Gasteiger partial charge in [-0.1, -0.05) is 12.1 Å². The number of aromatic nitrogens is 3. The largest absolute Gasteiger partial charge is 0.389 e. The van der Waals surface area contributed by atoms with Gasteiger partial charge in [0.1, 0.15) is 12.1 Å². The molecule has 84 valence electrons. The number of H-pyrrole nitrogens is 1. The molecule has 0 saturated heterocycles. The molecule has 0 spiro atoms. The van der Waals surface area contributed by atoms with Crippen molar-refractivity contribution in [3.8, 4) is 0 Å². The average molecular weight is 239 g/mol. The Hall–Kier alpha value is -1.40. The standard InChI is InChI=1S/C10H10FN3OS/c1-6(15)7-3-2-4-8(11)9(7)16-10-12-5-13-14-10/h2-6,15H,1H3,(H,12,13,14)/t6-/m0/s1. The number of aromatic amines is 1. The van der Waals surface area contributed by atoms with Crippen LogP contribution in [0.4, 0.5) is 4.39 Å². The Balaban J connectivity index is 2.38. The van der Waals surface area contributed by atoms with E-state index in [1.807, 2.05) is 0 Å². The number of hydrogen-bond donors (Lipinski definition) is 2. The van der Waals surface area contributed by atoms with Gasteiger partial charge < -0.3 is 5.11 Å². The molecule has 1 aromatic heterocycles. The molecule has 16 heavy (non-hydrogen) atoms. The Morgan fingerprint density at radius 3 is 2.94 bits per heavy atom. The summed E-state index contributed by atoms with van der Waals surface area (Å²) in [5.41, 5.74) is 0.543. The fourth-order valence-corrected chi connectivity index (χ4v) is 2.22. The van der Waals surface area contributed by atoms with Gasteiger partial charge in [0.05, 0.1) is 11.0 Å². The summed E-state index contributed by atoms with van der Waals surface area (Å²) in [6.45, 7) is 1.60. The average Bonchev–Trinajstić information content (AvgIpc) is 2.73. The molecule has 1 aromatic carbocycles. The lowest BCUT2D eigenvalue weighted by molar-refractivity contribution is 0.195. The van der Waals surface area contributed by atoms with Crippen LogP contribution in [-0.2, 0) is 0 Å². The van der Waals surface area contributed by atoms with Crippen LogP contribution in [0.2, 0.25) is 0 Å². The molecule has 0 saturated carbocycles. The summed E-state index contributed by atoms with van der Waals surface area (Å²) in [5.74, 6) is -0.375. The van der Waals surface area contributed by atoms with Crippen LogP contribution in [0.5, 0.6) is 0 Å². The SMILES string of the molecule is C[C@H](O)c1cccc(F)c1Sc1ncn[nH]1. The first-order valence-electron chi connectivity index (χ1n) is 4.68. The molecule has 4 nitrogen and oxygen atoms in total. The maximum atomic E-state index is 13.6. The van der Waals surface area contributed by atoms with Crippen molar-refractivity contribution in [3.63, 3.8) is 0 Å². The molecule has 0 unspecified atom stereocenters. The van der Waals surface area contributed by atoms with E-state index in [9.17, 15) is 9.50 Å². The minimum atomic E-state index is -0.721. The summed E-state index contributed by atoms with van der Waals surface area (Å²) >= 11 is 1.11. The van der Waals surface area contributed by atoms with Crippen molar-refractivity contribution in [1.29, 1.82) is 0 Å². The molecule has 0 aliphatic carbocycles. The van der Waals surface area contributed by atoms with Gasteiger partial charge in [-0.3, -0.25) is 5.10 Å². The van der Waals surface area contributed by atoms with Crippen molar-refractivity contribution in [1.82, 2.24) is 15.2 Å². The van der Waals surface area contributed by atoms with Crippen LogP contribution in [0.25, 0.3) is 0 Å². The summed E-state index contributed by atoms with van der Waals surface area (Å²) in [5, 5.41) is 16.3. The van der Waals surface area contributed by atoms with Gasteiger partial charge in [-0.05, 0) is 30.3 Å². The fourth-order valence-electron chi connectivity index (χ4n) is 1.30. The van der Waals surface area contributed by atoms with Gasteiger partial charge in [0.15, 0.2) is 5.16 Å². The first kappa shape index (κ1) is 11.1. The molecule has 0 bridgehead atoms. The second kappa shape index (κ2) is 4.63. The van der Waals surface area contributed by atoms with E-state index in [0.717, 1.165) is 11.8 Å². The molecule has 0 aliphatic rings. The second-order valence-electron chi connectivity index (χ2n) is 3.23. The number of aliphatic hydroxyl groups is 1. The van der Waals surface area contributed by atoms with Gasteiger partial charge >= 0.3 is 0 Å². The van der Waals surface area contributed by atoms with Crippen LogP contribution in [0.1, 0.15) is 18.6 Å². The normalized spacial score (nSPS) is 12.7. The third-order valence-electron chi connectivity index (χ3n) is 2.04. The van der Waals surface area contributed by atoms with Crippen LogP contribution >= 0.6 is 11.8 Å². The number of rotatable bonds is 3. The number of hydrogen-bond acceptors (Lipinski definition) is 4. The first-order valence-corrected chi connectivity index (χ1v) is 5.50. The van der Waals surface area contributed by atoms with Crippen molar-refractivity contribution < 1.29 is 9.50 Å². The quantitative estimate of drug-likeness (QED) is 0.861. The summed E-state index contributed by atoms with van der Waals surface area (Å²) in [7, 11) is 0. The summed E-state index contributed by atoms with van der Waals surface area (Å²) in [6, 6.07) is 4.61. The first-order chi connectivity index (χ1) is 7.68.